The van der Waals surface area contributed by atoms with Gasteiger partial charge in [0.15, 0.2) is 0 Å². The molecule has 1 aromatic rings. The zero-order valence-corrected chi connectivity index (χ0v) is 14.7. The lowest BCUT2D eigenvalue weighted by molar-refractivity contribution is 0.0374. The van der Waals surface area contributed by atoms with Gasteiger partial charge in [-0.05, 0) is 38.9 Å². The van der Waals surface area contributed by atoms with Crippen molar-refractivity contribution in [2.75, 3.05) is 52.6 Å². The zero-order valence-electron chi connectivity index (χ0n) is 14.7. The van der Waals surface area contributed by atoms with Crippen LogP contribution in [0.1, 0.15) is 30.6 Å². The monoisotopic (exact) mass is 336 g/mol. The van der Waals surface area contributed by atoms with Gasteiger partial charge in [-0.2, -0.15) is 0 Å². The van der Waals surface area contributed by atoms with Gasteiger partial charge in [-0.3, -0.25) is 9.69 Å². The lowest BCUT2D eigenvalue weighted by Crippen LogP contribution is -2.38. The van der Waals surface area contributed by atoms with E-state index in [1.54, 1.807) is 18.2 Å². The highest BCUT2D eigenvalue weighted by Gasteiger charge is 2.14. The van der Waals surface area contributed by atoms with Crippen LogP contribution in [0, 0.1) is 0 Å². The van der Waals surface area contributed by atoms with E-state index in [0.717, 1.165) is 39.3 Å². The minimum atomic E-state index is -0.108. The average molecular weight is 336 g/mol. The summed E-state index contributed by atoms with van der Waals surface area (Å²) in [4.78, 5) is 14.8. The van der Waals surface area contributed by atoms with Crippen molar-refractivity contribution >= 4 is 5.91 Å². The van der Waals surface area contributed by atoms with Crippen molar-refractivity contribution in [2.45, 2.75) is 20.3 Å². The van der Waals surface area contributed by atoms with E-state index >= 15 is 0 Å². The first-order chi connectivity index (χ1) is 11.7. The molecule has 0 aromatic heterocycles. The van der Waals surface area contributed by atoms with Gasteiger partial charge in [-0.1, -0.05) is 0 Å². The number of amides is 1. The van der Waals surface area contributed by atoms with Crippen molar-refractivity contribution in [3.63, 3.8) is 0 Å². The fourth-order valence-electron chi connectivity index (χ4n) is 2.65. The summed E-state index contributed by atoms with van der Waals surface area (Å²) in [7, 11) is 0. The van der Waals surface area contributed by atoms with Crippen molar-refractivity contribution in [1.29, 1.82) is 0 Å². The zero-order chi connectivity index (χ0) is 17.2. The van der Waals surface area contributed by atoms with Gasteiger partial charge in [0.2, 0.25) is 0 Å². The van der Waals surface area contributed by atoms with Crippen molar-refractivity contribution in [1.82, 2.24) is 10.2 Å². The van der Waals surface area contributed by atoms with E-state index in [2.05, 4.69) is 10.2 Å². The molecule has 1 saturated heterocycles. The number of carbonyl (C=O) groups is 1. The number of hydrogen-bond donors (Lipinski definition) is 1. The van der Waals surface area contributed by atoms with Crippen LogP contribution in [0.3, 0.4) is 0 Å². The molecule has 0 saturated carbocycles. The number of nitrogens with one attached hydrogen (secondary N) is 1. The Morgan fingerprint density at radius 1 is 1.21 bits per heavy atom. The van der Waals surface area contributed by atoms with Gasteiger partial charge in [0.05, 0.1) is 32.0 Å². The molecule has 1 amide bonds. The number of rotatable bonds is 9. The van der Waals surface area contributed by atoms with Crippen LogP contribution in [0.25, 0.3) is 0 Å². The Bertz CT molecular complexity index is 516. The second kappa shape index (κ2) is 10.2. The summed E-state index contributed by atoms with van der Waals surface area (Å²) in [6, 6.07) is 5.33. The Labute approximate surface area is 144 Å². The fourth-order valence-corrected chi connectivity index (χ4v) is 2.65. The molecule has 1 aromatic carbocycles. The second-order valence-electron chi connectivity index (χ2n) is 5.59. The van der Waals surface area contributed by atoms with Crippen molar-refractivity contribution in [3.8, 4) is 11.5 Å². The number of morpholine rings is 1. The third-order valence-corrected chi connectivity index (χ3v) is 3.85. The average Bonchev–Trinajstić information content (AvgIpc) is 2.60. The van der Waals surface area contributed by atoms with E-state index in [1.165, 1.54) is 0 Å². The van der Waals surface area contributed by atoms with Gasteiger partial charge < -0.3 is 19.5 Å². The maximum absolute atomic E-state index is 12.4. The van der Waals surface area contributed by atoms with Crippen LogP contribution >= 0.6 is 0 Å². The molecule has 0 bridgehead atoms. The third kappa shape index (κ3) is 5.69. The van der Waals surface area contributed by atoms with Crippen LogP contribution < -0.4 is 14.8 Å². The maximum atomic E-state index is 12.4. The number of benzene rings is 1. The van der Waals surface area contributed by atoms with Gasteiger partial charge in [0.25, 0.3) is 5.91 Å². The molecule has 2 rings (SSSR count). The number of carbonyl (C=O) groups excluding carboxylic acids is 1. The molecular formula is C18H28N2O4. The summed E-state index contributed by atoms with van der Waals surface area (Å²) in [6.07, 6.45) is 0.923. The van der Waals surface area contributed by atoms with Gasteiger partial charge in [0.1, 0.15) is 11.5 Å². The number of ether oxygens (including phenoxy) is 3. The summed E-state index contributed by atoms with van der Waals surface area (Å²) in [5, 5.41) is 2.97. The molecule has 6 heteroatoms. The summed E-state index contributed by atoms with van der Waals surface area (Å²) in [6.45, 7) is 10.1. The Balaban J connectivity index is 1.83. The smallest absolute Gasteiger partial charge is 0.255 e. The van der Waals surface area contributed by atoms with Gasteiger partial charge in [0, 0.05) is 25.7 Å². The van der Waals surface area contributed by atoms with Crippen LogP contribution in [0.4, 0.5) is 0 Å². The molecule has 1 aliphatic heterocycles. The van der Waals surface area contributed by atoms with Crippen molar-refractivity contribution in [2.24, 2.45) is 0 Å². The largest absolute Gasteiger partial charge is 0.494 e. The molecule has 134 valence electrons. The lowest BCUT2D eigenvalue weighted by atomic mass is 10.1. The van der Waals surface area contributed by atoms with E-state index in [9.17, 15) is 4.79 Å². The van der Waals surface area contributed by atoms with Crippen LogP contribution in [0.15, 0.2) is 18.2 Å². The fraction of sp³-hybridized carbons (Fsp3) is 0.611. The number of nitrogens with zero attached hydrogens (tertiary/aromatic N) is 1. The van der Waals surface area contributed by atoms with Crippen LogP contribution in [0.5, 0.6) is 11.5 Å². The van der Waals surface area contributed by atoms with Crippen molar-refractivity contribution < 1.29 is 19.0 Å². The summed E-state index contributed by atoms with van der Waals surface area (Å²) in [5.41, 5.74) is 0.548. The molecule has 0 unspecified atom stereocenters. The number of hydrogen-bond acceptors (Lipinski definition) is 5. The summed E-state index contributed by atoms with van der Waals surface area (Å²) < 4.78 is 16.4. The second-order valence-corrected chi connectivity index (χ2v) is 5.59. The first-order valence-electron chi connectivity index (χ1n) is 8.72. The molecule has 0 atom stereocenters. The SMILES string of the molecule is CCOc1ccc(C(=O)NCCCN2CCOCC2)c(OCC)c1. The third-order valence-electron chi connectivity index (χ3n) is 3.85. The first-order valence-corrected chi connectivity index (χ1v) is 8.72. The van der Waals surface area contributed by atoms with E-state index in [1.807, 2.05) is 13.8 Å². The van der Waals surface area contributed by atoms with Crippen LogP contribution in [-0.2, 0) is 4.74 Å². The normalized spacial score (nSPS) is 15.1. The van der Waals surface area contributed by atoms with E-state index < -0.39 is 0 Å². The quantitative estimate of drug-likeness (QED) is 0.698. The highest BCUT2D eigenvalue weighted by atomic mass is 16.5. The molecule has 0 spiro atoms. The van der Waals surface area contributed by atoms with Crippen LogP contribution in [-0.4, -0.2) is 63.4 Å². The van der Waals surface area contributed by atoms with Gasteiger partial charge in [-0.15, -0.1) is 0 Å². The maximum Gasteiger partial charge on any atom is 0.255 e. The predicted molar refractivity (Wildman–Crippen MR) is 93.0 cm³/mol. The molecular weight excluding hydrogens is 308 g/mol. The summed E-state index contributed by atoms with van der Waals surface area (Å²) >= 11 is 0. The lowest BCUT2D eigenvalue weighted by Gasteiger charge is -2.26. The van der Waals surface area contributed by atoms with E-state index in [4.69, 9.17) is 14.2 Å². The minimum absolute atomic E-state index is 0.108. The Hall–Kier alpha value is -1.79. The minimum Gasteiger partial charge on any atom is -0.494 e. The molecule has 0 aliphatic carbocycles. The molecule has 1 aliphatic rings. The molecule has 1 N–H and O–H groups in total. The Morgan fingerprint density at radius 3 is 2.67 bits per heavy atom. The Kier molecular flexibility index (Phi) is 7.85. The van der Waals surface area contributed by atoms with Crippen LogP contribution in [0.2, 0.25) is 0 Å². The van der Waals surface area contributed by atoms with Crippen molar-refractivity contribution in [3.05, 3.63) is 23.8 Å². The van der Waals surface area contributed by atoms with E-state index in [-0.39, 0.29) is 5.91 Å². The summed E-state index contributed by atoms with van der Waals surface area (Å²) in [5.74, 6) is 1.17. The molecule has 24 heavy (non-hydrogen) atoms. The molecule has 0 radical (unpaired) electrons. The predicted octanol–water partition coefficient (Wildman–Crippen LogP) is 1.94. The van der Waals surface area contributed by atoms with E-state index in [0.29, 0.717) is 36.8 Å². The highest BCUT2D eigenvalue weighted by Crippen LogP contribution is 2.25. The first kappa shape index (κ1) is 18.5. The molecule has 1 heterocycles. The Morgan fingerprint density at radius 2 is 1.96 bits per heavy atom. The molecule has 6 nitrogen and oxygen atoms in total. The highest BCUT2D eigenvalue weighted by molar-refractivity contribution is 5.97. The van der Waals surface area contributed by atoms with Gasteiger partial charge in [-0.25, -0.2) is 0 Å². The standard InChI is InChI=1S/C18H28N2O4/c1-3-23-15-6-7-16(17(14-15)24-4-2)18(21)19-8-5-9-20-10-12-22-13-11-20/h6-7,14H,3-5,8-13H2,1-2H3,(H,19,21). The molecule has 1 fully saturated rings. The topological polar surface area (TPSA) is 60.0 Å². The van der Waals surface area contributed by atoms with Gasteiger partial charge >= 0.3 is 0 Å².